The minimum atomic E-state index is 0.210. The molecule has 2 aromatic heterocycles. The summed E-state index contributed by atoms with van der Waals surface area (Å²) in [5, 5.41) is 6.96. The van der Waals surface area contributed by atoms with Gasteiger partial charge < -0.3 is 15.0 Å². The molecule has 0 unspecified atom stereocenters. The minimum absolute atomic E-state index is 0.210. The molecule has 0 spiro atoms. The molecule has 0 radical (unpaired) electrons. The number of hydrogen-bond acceptors (Lipinski definition) is 5. The van der Waals surface area contributed by atoms with Gasteiger partial charge in [0.15, 0.2) is 0 Å². The van der Waals surface area contributed by atoms with Crippen LogP contribution < -0.4 is 10.5 Å². The van der Waals surface area contributed by atoms with E-state index in [0.717, 1.165) is 16.2 Å². The fourth-order valence-electron chi connectivity index (χ4n) is 1.97. The van der Waals surface area contributed by atoms with Crippen LogP contribution in [0.5, 0.6) is 5.75 Å². The lowest BCUT2D eigenvalue weighted by molar-refractivity contribution is 0.416. The third-order valence-electron chi connectivity index (χ3n) is 2.96. The van der Waals surface area contributed by atoms with Crippen molar-refractivity contribution in [3.05, 3.63) is 39.7 Å². The number of thiophene rings is 1. The molecule has 0 saturated heterocycles. The molecule has 0 bridgehead atoms. The summed E-state index contributed by atoms with van der Waals surface area (Å²) in [6.45, 7) is 0. The Labute approximate surface area is 135 Å². The molecule has 21 heavy (non-hydrogen) atoms. The third-order valence-corrected chi connectivity index (χ3v) is 4.43. The molecular weight excluding hydrogens is 331 g/mol. The van der Waals surface area contributed by atoms with Gasteiger partial charge in [0.05, 0.1) is 22.6 Å². The van der Waals surface area contributed by atoms with Crippen molar-refractivity contribution in [1.29, 1.82) is 0 Å². The van der Waals surface area contributed by atoms with Gasteiger partial charge in [0.1, 0.15) is 11.4 Å². The fourth-order valence-corrected chi connectivity index (χ4v) is 3.32. The van der Waals surface area contributed by atoms with E-state index in [-0.39, 0.29) is 5.88 Å². The number of nitrogen functional groups attached to an aromatic ring is 1. The highest BCUT2D eigenvalue weighted by Crippen LogP contribution is 2.42. The lowest BCUT2D eigenvalue weighted by Gasteiger charge is -2.04. The van der Waals surface area contributed by atoms with Gasteiger partial charge in [-0.25, -0.2) is 0 Å². The van der Waals surface area contributed by atoms with Crippen LogP contribution in [-0.4, -0.2) is 12.3 Å². The maximum Gasteiger partial charge on any atom is 0.230 e. The number of nitrogens with two attached hydrogens (primary N) is 1. The number of benzene rings is 1. The molecule has 7 heteroatoms. The van der Waals surface area contributed by atoms with E-state index in [1.807, 2.05) is 11.4 Å². The Morgan fingerprint density at radius 1 is 1.29 bits per heavy atom. The van der Waals surface area contributed by atoms with Crippen LogP contribution in [0.1, 0.15) is 0 Å². The Morgan fingerprint density at radius 3 is 2.76 bits per heavy atom. The summed E-state index contributed by atoms with van der Waals surface area (Å²) in [6, 6.07) is 7.06. The van der Waals surface area contributed by atoms with Crippen LogP contribution in [0.2, 0.25) is 10.0 Å². The van der Waals surface area contributed by atoms with E-state index >= 15 is 0 Å². The normalized spacial score (nSPS) is 10.8. The van der Waals surface area contributed by atoms with Gasteiger partial charge in [-0.3, -0.25) is 0 Å². The quantitative estimate of drug-likeness (QED) is 0.731. The van der Waals surface area contributed by atoms with E-state index in [2.05, 4.69) is 5.16 Å². The number of nitrogens with zero attached hydrogens (tertiary/aromatic N) is 1. The van der Waals surface area contributed by atoms with Gasteiger partial charge in [-0.2, -0.15) is 0 Å². The highest BCUT2D eigenvalue weighted by atomic mass is 35.5. The first-order chi connectivity index (χ1) is 10.1. The topological polar surface area (TPSA) is 61.3 Å². The average molecular weight is 341 g/mol. The maximum atomic E-state index is 6.25. The van der Waals surface area contributed by atoms with Gasteiger partial charge in [0.25, 0.3) is 0 Å². The number of methoxy groups -OCH3 is 1. The van der Waals surface area contributed by atoms with Gasteiger partial charge in [0.2, 0.25) is 5.88 Å². The van der Waals surface area contributed by atoms with Crippen LogP contribution in [0.15, 0.2) is 34.2 Å². The first-order valence-electron chi connectivity index (χ1n) is 5.93. The van der Waals surface area contributed by atoms with E-state index < -0.39 is 0 Å². The first-order valence-corrected chi connectivity index (χ1v) is 7.57. The van der Waals surface area contributed by atoms with Crippen LogP contribution in [0, 0.1) is 0 Å². The molecule has 0 atom stereocenters. The van der Waals surface area contributed by atoms with Crippen LogP contribution in [0.4, 0.5) is 5.88 Å². The lowest BCUT2D eigenvalue weighted by Crippen LogP contribution is -1.88. The van der Waals surface area contributed by atoms with Crippen molar-refractivity contribution in [2.24, 2.45) is 0 Å². The van der Waals surface area contributed by atoms with Crippen LogP contribution in [0.3, 0.4) is 0 Å². The Balaban J connectivity index is 2.17. The number of rotatable bonds is 3. The molecule has 0 aliphatic rings. The van der Waals surface area contributed by atoms with Gasteiger partial charge >= 0.3 is 0 Å². The number of aromatic nitrogens is 1. The monoisotopic (exact) mass is 340 g/mol. The molecule has 0 amide bonds. The van der Waals surface area contributed by atoms with Crippen molar-refractivity contribution in [1.82, 2.24) is 5.16 Å². The highest BCUT2D eigenvalue weighted by Gasteiger charge is 2.21. The van der Waals surface area contributed by atoms with E-state index in [1.54, 1.807) is 25.3 Å². The standard InChI is InChI=1S/C14H10Cl2N2O2S/c1-19-8-5-11(21-6-8)13-12(14(17)20-18-13)9-3-2-7(15)4-10(9)16/h2-6H,17H2,1H3. The molecule has 0 aliphatic heterocycles. The van der Waals surface area contributed by atoms with Crippen molar-refractivity contribution >= 4 is 40.4 Å². The molecule has 3 aromatic rings. The molecule has 0 saturated carbocycles. The second-order valence-electron chi connectivity index (χ2n) is 4.25. The molecule has 3 rings (SSSR count). The zero-order valence-electron chi connectivity index (χ0n) is 10.9. The summed E-state index contributed by atoms with van der Waals surface area (Å²) in [6.07, 6.45) is 0. The van der Waals surface area contributed by atoms with Crippen molar-refractivity contribution < 1.29 is 9.26 Å². The minimum Gasteiger partial charge on any atom is -0.496 e. The predicted molar refractivity (Wildman–Crippen MR) is 86.2 cm³/mol. The van der Waals surface area contributed by atoms with E-state index in [1.165, 1.54) is 11.3 Å². The largest absolute Gasteiger partial charge is 0.496 e. The Hall–Kier alpha value is -1.69. The molecular formula is C14H10Cl2N2O2S. The average Bonchev–Trinajstić information content (AvgIpc) is 3.06. The molecule has 4 nitrogen and oxygen atoms in total. The summed E-state index contributed by atoms with van der Waals surface area (Å²) < 4.78 is 10.3. The fraction of sp³-hybridized carbons (Fsp3) is 0.0714. The van der Waals surface area contributed by atoms with E-state index in [4.69, 9.17) is 38.2 Å². The van der Waals surface area contributed by atoms with Crippen LogP contribution >= 0.6 is 34.5 Å². The molecule has 1 aromatic carbocycles. The molecule has 2 heterocycles. The summed E-state index contributed by atoms with van der Waals surface area (Å²) in [7, 11) is 1.61. The second kappa shape index (κ2) is 5.60. The molecule has 0 fully saturated rings. The summed E-state index contributed by atoms with van der Waals surface area (Å²) in [5.41, 5.74) is 7.92. The summed E-state index contributed by atoms with van der Waals surface area (Å²) in [4.78, 5) is 0.883. The van der Waals surface area contributed by atoms with Crippen LogP contribution in [0.25, 0.3) is 21.7 Å². The molecule has 108 valence electrons. The SMILES string of the molecule is COc1csc(-c2noc(N)c2-c2ccc(Cl)cc2Cl)c1. The third kappa shape index (κ3) is 2.60. The van der Waals surface area contributed by atoms with Crippen molar-refractivity contribution in [3.8, 4) is 27.4 Å². The Kier molecular flexibility index (Phi) is 3.80. The maximum absolute atomic E-state index is 6.25. The highest BCUT2D eigenvalue weighted by molar-refractivity contribution is 7.13. The number of ether oxygens (including phenoxy) is 1. The zero-order chi connectivity index (χ0) is 15.0. The lowest BCUT2D eigenvalue weighted by atomic mass is 10.0. The molecule has 2 N–H and O–H groups in total. The Morgan fingerprint density at radius 2 is 2.10 bits per heavy atom. The molecule has 0 aliphatic carbocycles. The van der Waals surface area contributed by atoms with Crippen molar-refractivity contribution in [2.45, 2.75) is 0 Å². The first kappa shape index (κ1) is 14.3. The van der Waals surface area contributed by atoms with Gasteiger partial charge in [0, 0.05) is 22.0 Å². The van der Waals surface area contributed by atoms with E-state index in [0.29, 0.717) is 21.3 Å². The van der Waals surface area contributed by atoms with Crippen LogP contribution in [-0.2, 0) is 0 Å². The number of anilines is 1. The van der Waals surface area contributed by atoms with Gasteiger partial charge in [-0.1, -0.05) is 34.4 Å². The van der Waals surface area contributed by atoms with Crippen molar-refractivity contribution in [3.63, 3.8) is 0 Å². The number of hydrogen-bond donors (Lipinski definition) is 1. The summed E-state index contributed by atoms with van der Waals surface area (Å²) in [5.74, 6) is 0.964. The van der Waals surface area contributed by atoms with E-state index in [9.17, 15) is 0 Å². The van der Waals surface area contributed by atoms with Gasteiger partial charge in [-0.05, 0) is 12.1 Å². The smallest absolute Gasteiger partial charge is 0.230 e. The zero-order valence-corrected chi connectivity index (χ0v) is 13.2. The predicted octanol–water partition coefficient (Wildman–Crippen LogP) is 4.97. The Bertz CT molecular complexity index is 798. The second-order valence-corrected chi connectivity index (χ2v) is 6.00. The van der Waals surface area contributed by atoms with Crippen molar-refractivity contribution in [2.75, 3.05) is 12.8 Å². The number of halogens is 2. The summed E-state index contributed by atoms with van der Waals surface area (Å²) >= 11 is 13.7. The van der Waals surface area contributed by atoms with Gasteiger partial charge in [-0.15, -0.1) is 11.3 Å².